The number of nitrogens with zero attached hydrogens (tertiary/aromatic N) is 2. The van der Waals surface area contributed by atoms with Crippen LogP contribution in [0.5, 0.6) is 0 Å². The number of anilines is 1. The molecule has 6 nitrogen and oxygen atoms in total. The first-order chi connectivity index (χ1) is 9.95. The number of aryl methyl sites for hydroxylation is 2. The van der Waals surface area contributed by atoms with Crippen molar-refractivity contribution >= 4 is 33.1 Å². The molecule has 0 aliphatic rings. The molecule has 0 aromatic carbocycles. The third-order valence-electron chi connectivity index (χ3n) is 3.47. The number of thiophene rings is 1. The maximum Gasteiger partial charge on any atom is 0.263 e. The maximum absolute atomic E-state index is 12.3. The molecule has 0 saturated carbocycles. The fourth-order valence-electron chi connectivity index (χ4n) is 2.07. The van der Waals surface area contributed by atoms with Crippen molar-refractivity contribution in [3.05, 3.63) is 16.1 Å². The average Bonchev–Trinajstić information content (AvgIpc) is 2.78. The Balaban J connectivity index is 2.28. The van der Waals surface area contributed by atoms with Gasteiger partial charge in [0.2, 0.25) is 0 Å². The van der Waals surface area contributed by atoms with Gasteiger partial charge in [0.1, 0.15) is 9.71 Å². The number of hydrogen-bond donors (Lipinski definition) is 2. The van der Waals surface area contributed by atoms with E-state index in [1.807, 2.05) is 20.8 Å². The quantitative estimate of drug-likeness (QED) is 0.882. The average molecular weight is 308 g/mol. The predicted octanol–water partition coefficient (Wildman–Crippen LogP) is 2.05. The number of amides is 1. The number of hydrogen-bond acceptors (Lipinski definition) is 6. The smallest absolute Gasteiger partial charge is 0.263 e. The van der Waals surface area contributed by atoms with Crippen molar-refractivity contribution in [2.75, 3.05) is 19.5 Å². The van der Waals surface area contributed by atoms with Gasteiger partial charge in [-0.15, -0.1) is 16.4 Å². The molecular weight excluding hydrogens is 288 g/mol. The second-order valence-electron chi connectivity index (χ2n) is 5.09. The van der Waals surface area contributed by atoms with Gasteiger partial charge in [0.15, 0.2) is 0 Å². The number of nitrogens with one attached hydrogen (secondary N) is 1. The van der Waals surface area contributed by atoms with Gasteiger partial charge in [-0.1, -0.05) is 0 Å². The first-order valence-electron chi connectivity index (χ1n) is 6.77. The Hall–Kier alpha value is -1.73. The van der Waals surface area contributed by atoms with Crippen molar-refractivity contribution in [1.82, 2.24) is 15.5 Å². The second-order valence-corrected chi connectivity index (χ2v) is 6.09. The number of carbonyl (C=O) groups excluding carboxylic acids is 1. The highest BCUT2D eigenvalue weighted by Gasteiger charge is 2.20. The fourth-order valence-corrected chi connectivity index (χ4v) is 3.07. The van der Waals surface area contributed by atoms with Crippen molar-refractivity contribution < 1.29 is 9.53 Å². The highest BCUT2D eigenvalue weighted by molar-refractivity contribution is 7.21. The minimum atomic E-state index is -0.170. The van der Waals surface area contributed by atoms with E-state index >= 15 is 0 Å². The number of nitrogens with two attached hydrogens (primary N) is 1. The van der Waals surface area contributed by atoms with Crippen LogP contribution < -0.4 is 11.1 Å². The number of nitrogen functional groups attached to an aromatic ring is 1. The summed E-state index contributed by atoms with van der Waals surface area (Å²) in [5, 5.41) is 12.0. The normalized spacial score (nSPS) is 12.6. The first kappa shape index (κ1) is 15.7. The number of fused-ring (bicyclic) bond motifs is 1. The summed E-state index contributed by atoms with van der Waals surface area (Å²) in [5.41, 5.74) is 8.43. The van der Waals surface area contributed by atoms with Crippen LogP contribution in [0, 0.1) is 13.8 Å². The van der Waals surface area contributed by atoms with Crippen LogP contribution >= 0.6 is 11.3 Å². The van der Waals surface area contributed by atoms with Gasteiger partial charge in [0, 0.05) is 25.1 Å². The van der Waals surface area contributed by atoms with Crippen LogP contribution in [-0.4, -0.2) is 35.9 Å². The third-order valence-corrected chi connectivity index (χ3v) is 4.56. The van der Waals surface area contributed by atoms with Crippen LogP contribution in [0.1, 0.15) is 34.3 Å². The van der Waals surface area contributed by atoms with Gasteiger partial charge in [-0.05, 0) is 32.8 Å². The highest BCUT2D eigenvalue weighted by Crippen LogP contribution is 2.34. The molecule has 1 atom stereocenters. The zero-order valence-corrected chi connectivity index (χ0v) is 13.5. The lowest BCUT2D eigenvalue weighted by molar-refractivity contribution is 0.0934. The topological polar surface area (TPSA) is 90.1 Å². The van der Waals surface area contributed by atoms with E-state index in [0.29, 0.717) is 22.0 Å². The molecule has 0 aliphatic carbocycles. The molecule has 7 heteroatoms. The Morgan fingerprint density at radius 1 is 1.43 bits per heavy atom. The second kappa shape index (κ2) is 6.36. The van der Waals surface area contributed by atoms with Crippen LogP contribution in [0.15, 0.2) is 0 Å². The van der Waals surface area contributed by atoms with Crippen LogP contribution in [0.4, 0.5) is 5.69 Å². The van der Waals surface area contributed by atoms with E-state index in [4.69, 9.17) is 10.5 Å². The Labute approximate surface area is 127 Å². The predicted molar refractivity (Wildman–Crippen MR) is 84.7 cm³/mol. The molecule has 2 heterocycles. The van der Waals surface area contributed by atoms with E-state index in [-0.39, 0.29) is 11.9 Å². The fraction of sp³-hybridized carbons (Fsp3) is 0.500. The molecule has 0 radical (unpaired) electrons. The zero-order valence-electron chi connectivity index (χ0n) is 12.7. The van der Waals surface area contributed by atoms with Crippen LogP contribution in [0.25, 0.3) is 10.2 Å². The molecule has 3 N–H and O–H groups in total. The molecule has 0 fully saturated rings. The minimum Gasteiger partial charge on any atom is -0.397 e. The van der Waals surface area contributed by atoms with Gasteiger partial charge in [-0.2, -0.15) is 5.10 Å². The lowest BCUT2D eigenvalue weighted by atomic mass is 10.1. The standard InChI is InChI=1S/C14H20N4O2S/c1-7(5-6-20-4)16-13(19)12-11(15)10-8(2)9(3)17-18-14(10)21-12/h7H,5-6,15H2,1-4H3,(H,16,19). The summed E-state index contributed by atoms with van der Waals surface area (Å²) in [6.07, 6.45) is 0.755. The number of rotatable bonds is 5. The van der Waals surface area contributed by atoms with Gasteiger partial charge in [0.05, 0.1) is 11.4 Å². The molecule has 0 saturated heterocycles. The van der Waals surface area contributed by atoms with Crippen LogP contribution in [0.2, 0.25) is 0 Å². The van der Waals surface area contributed by atoms with E-state index < -0.39 is 0 Å². The number of carbonyl (C=O) groups is 1. The number of ether oxygens (including phenoxy) is 1. The molecule has 1 amide bonds. The molecule has 2 aromatic rings. The molecule has 2 aromatic heterocycles. The van der Waals surface area contributed by atoms with Crippen LogP contribution in [-0.2, 0) is 4.74 Å². The Bertz CT molecular complexity index is 669. The van der Waals surface area contributed by atoms with Crippen molar-refractivity contribution in [3.63, 3.8) is 0 Å². The maximum atomic E-state index is 12.3. The van der Waals surface area contributed by atoms with E-state index in [9.17, 15) is 4.79 Å². The van der Waals surface area contributed by atoms with Gasteiger partial charge in [-0.3, -0.25) is 4.79 Å². The molecule has 0 aliphatic heterocycles. The summed E-state index contributed by atoms with van der Waals surface area (Å²) >= 11 is 1.28. The molecule has 114 valence electrons. The van der Waals surface area contributed by atoms with E-state index in [1.165, 1.54) is 11.3 Å². The lowest BCUT2D eigenvalue weighted by Crippen LogP contribution is -2.33. The minimum absolute atomic E-state index is 0.0241. The molecule has 0 spiro atoms. The molecule has 2 rings (SSSR count). The summed E-state index contributed by atoms with van der Waals surface area (Å²) in [4.78, 5) is 13.5. The Kier molecular flexibility index (Phi) is 4.74. The van der Waals surface area contributed by atoms with Crippen molar-refractivity contribution in [2.45, 2.75) is 33.2 Å². The van der Waals surface area contributed by atoms with E-state index in [1.54, 1.807) is 7.11 Å². The largest absolute Gasteiger partial charge is 0.397 e. The summed E-state index contributed by atoms with van der Waals surface area (Å²) < 4.78 is 5.01. The van der Waals surface area contributed by atoms with Crippen LogP contribution in [0.3, 0.4) is 0 Å². The van der Waals surface area contributed by atoms with Crippen molar-refractivity contribution in [3.8, 4) is 0 Å². The summed E-state index contributed by atoms with van der Waals surface area (Å²) in [5.74, 6) is -0.170. The molecular formula is C14H20N4O2S. The molecule has 0 bridgehead atoms. The Morgan fingerprint density at radius 2 is 2.14 bits per heavy atom. The van der Waals surface area contributed by atoms with Crippen molar-refractivity contribution in [1.29, 1.82) is 0 Å². The zero-order chi connectivity index (χ0) is 15.6. The summed E-state index contributed by atoms with van der Waals surface area (Å²) in [7, 11) is 1.64. The van der Waals surface area contributed by atoms with Gasteiger partial charge in [0.25, 0.3) is 5.91 Å². The number of methoxy groups -OCH3 is 1. The Morgan fingerprint density at radius 3 is 2.81 bits per heavy atom. The van der Waals surface area contributed by atoms with Gasteiger partial charge >= 0.3 is 0 Å². The monoisotopic (exact) mass is 308 g/mol. The number of aromatic nitrogens is 2. The van der Waals surface area contributed by atoms with Gasteiger partial charge < -0.3 is 15.8 Å². The summed E-state index contributed by atoms with van der Waals surface area (Å²) in [6, 6.07) is 0.0241. The van der Waals surface area contributed by atoms with Crippen molar-refractivity contribution in [2.24, 2.45) is 0 Å². The SMILES string of the molecule is COCCC(C)NC(=O)c1sc2nnc(C)c(C)c2c1N. The third kappa shape index (κ3) is 3.14. The molecule has 21 heavy (non-hydrogen) atoms. The highest BCUT2D eigenvalue weighted by atomic mass is 32.1. The summed E-state index contributed by atoms with van der Waals surface area (Å²) in [6.45, 7) is 6.37. The lowest BCUT2D eigenvalue weighted by Gasteiger charge is -2.12. The van der Waals surface area contributed by atoms with E-state index in [2.05, 4.69) is 15.5 Å². The molecule has 1 unspecified atom stereocenters. The first-order valence-corrected chi connectivity index (χ1v) is 7.59. The van der Waals surface area contributed by atoms with E-state index in [0.717, 1.165) is 23.1 Å². The van der Waals surface area contributed by atoms with Gasteiger partial charge in [-0.25, -0.2) is 0 Å².